The number of hydrogen-bond donors (Lipinski definition) is 0. The number of methoxy groups -OCH3 is 1. The molecule has 0 aliphatic heterocycles. The van der Waals surface area contributed by atoms with Gasteiger partial charge in [0.2, 0.25) is 0 Å². The van der Waals surface area contributed by atoms with E-state index in [1.807, 2.05) is 11.6 Å². The molecule has 2 rings (SSSR count). The van der Waals surface area contributed by atoms with Gasteiger partial charge in [-0.25, -0.2) is 9.67 Å². The summed E-state index contributed by atoms with van der Waals surface area (Å²) in [6.07, 6.45) is 0.756. The predicted octanol–water partition coefficient (Wildman–Crippen LogP) is 3.19. The molecule has 0 aliphatic rings. The third-order valence-corrected chi connectivity index (χ3v) is 4.06. The quantitative estimate of drug-likeness (QED) is 0.738. The molecule has 118 valence electrons. The molecular weight excluding hydrogens is 288 g/mol. The Balaban J connectivity index is 2.68. The maximum absolute atomic E-state index is 5.97. The molecule has 5 nitrogen and oxygen atoms in total. The lowest BCUT2D eigenvalue weighted by molar-refractivity contribution is 0.133. The van der Waals surface area contributed by atoms with E-state index in [1.165, 1.54) is 0 Å². The van der Waals surface area contributed by atoms with Crippen molar-refractivity contribution in [3.8, 4) is 0 Å². The van der Waals surface area contributed by atoms with Crippen LogP contribution in [0.5, 0.6) is 0 Å². The number of ether oxygens (including phenoxy) is 1. The van der Waals surface area contributed by atoms with E-state index < -0.39 is 0 Å². The highest BCUT2D eigenvalue weighted by molar-refractivity contribution is 6.17. The van der Waals surface area contributed by atoms with Crippen molar-refractivity contribution in [2.24, 2.45) is 5.92 Å². The molecule has 21 heavy (non-hydrogen) atoms. The molecule has 0 aliphatic carbocycles. The molecule has 0 amide bonds. The van der Waals surface area contributed by atoms with Crippen molar-refractivity contribution >= 4 is 22.8 Å². The highest BCUT2D eigenvalue weighted by atomic mass is 35.5. The van der Waals surface area contributed by atoms with Crippen molar-refractivity contribution in [1.82, 2.24) is 19.3 Å². The topological polar surface area (TPSA) is 44.9 Å². The molecule has 0 aromatic carbocycles. The van der Waals surface area contributed by atoms with Gasteiger partial charge < -0.3 is 9.30 Å². The van der Waals surface area contributed by atoms with Gasteiger partial charge in [-0.3, -0.25) is 0 Å². The molecule has 2 aromatic heterocycles. The van der Waals surface area contributed by atoms with Crippen molar-refractivity contribution in [3.63, 3.8) is 0 Å². The zero-order chi connectivity index (χ0) is 15.6. The van der Waals surface area contributed by atoms with Crippen LogP contribution >= 0.6 is 11.6 Å². The fraction of sp³-hybridized carbons (Fsp3) is 0.733. The number of aryl methyl sites for hydroxylation is 3. The van der Waals surface area contributed by atoms with Crippen LogP contribution in [0.15, 0.2) is 0 Å². The predicted molar refractivity (Wildman–Crippen MR) is 86.1 cm³/mol. The van der Waals surface area contributed by atoms with Gasteiger partial charge in [-0.15, -0.1) is 11.6 Å². The second kappa shape index (κ2) is 6.79. The minimum Gasteiger partial charge on any atom is -0.383 e. The van der Waals surface area contributed by atoms with Gasteiger partial charge in [0.1, 0.15) is 11.3 Å². The number of nitrogens with zero attached hydrogens (tertiary/aromatic N) is 4. The molecule has 0 saturated carbocycles. The van der Waals surface area contributed by atoms with Crippen molar-refractivity contribution in [3.05, 3.63) is 11.5 Å². The average molecular weight is 313 g/mol. The van der Waals surface area contributed by atoms with Crippen LogP contribution in [0.1, 0.15) is 38.3 Å². The summed E-state index contributed by atoms with van der Waals surface area (Å²) >= 11 is 5.97. The standard InChI is InChI=1S/C15H25ClN4O/c1-6-19-15-14(11(4)18-19)17-13(7-8-16)20(15)12(9-21-5)10(2)3/h10,12H,6-9H2,1-5H3. The minimum atomic E-state index is 0.236. The third kappa shape index (κ3) is 2.94. The summed E-state index contributed by atoms with van der Waals surface area (Å²) < 4.78 is 9.76. The first kappa shape index (κ1) is 16.3. The second-order valence-electron chi connectivity index (χ2n) is 5.68. The Morgan fingerprint density at radius 2 is 2.05 bits per heavy atom. The molecule has 2 heterocycles. The van der Waals surface area contributed by atoms with Gasteiger partial charge in [0.15, 0.2) is 5.65 Å². The first-order valence-electron chi connectivity index (χ1n) is 7.54. The van der Waals surface area contributed by atoms with Crippen molar-refractivity contribution in [2.75, 3.05) is 19.6 Å². The van der Waals surface area contributed by atoms with Gasteiger partial charge in [-0.2, -0.15) is 5.10 Å². The number of halogens is 1. The average Bonchev–Trinajstić information content (AvgIpc) is 2.95. The highest BCUT2D eigenvalue weighted by Crippen LogP contribution is 2.28. The van der Waals surface area contributed by atoms with Gasteiger partial charge in [0, 0.05) is 26.0 Å². The van der Waals surface area contributed by atoms with Gasteiger partial charge in [0.05, 0.1) is 18.3 Å². The molecule has 0 N–H and O–H groups in total. The Hall–Kier alpha value is -1.07. The van der Waals surface area contributed by atoms with Crippen molar-refractivity contribution in [1.29, 1.82) is 0 Å². The van der Waals surface area contributed by atoms with Crippen LogP contribution in [0, 0.1) is 12.8 Å². The van der Waals surface area contributed by atoms with E-state index in [-0.39, 0.29) is 6.04 Å². The van der Waals surface area contributed by atoms with E-state index in [2.05, 4.69) is 30.4 Å². The van der Waals surface area contributed by atoms with E-state index in [0.29, 0.717) is 18.4 Å². The van der Waals surface area contributed by atoms with Gasteiger partial charge >= 0.3 is 0 Å². The number of aromatic nitrogens is 4. The van der Waals surface area contributed by atoms with Crippen LogP contribution < -0.4 is 0 Å². The van der Waals surface area contributed by atoms with Crippen LogP contribution in [0.25, 0.3) is 11.2 Å². The summed E-state index contributed by atoms with van der Waals surface area (Å²) in [5.74, 6) is 2.03. The Morgan fingerprint density at radius 1 is 1.33 bits per heavy atom. The van der Waals surface area contributed by atoms with Crippen molar-refractivity contribution in [2.45, 2.75) is 46.7 Å². The lowest BCUT2D eigenvalue weighted by Crippen LogP contribution is -2.24. The fourth-order valence-electron chi connectivity index (χ4n) is 2.80. The summed E-state index contributed by atoms with van der Waals surface area (Å²) in [7, 11) is 1.74. The summed E-state index contributed by atoms with van der Waals surface area (Å²) in [6.45, 7) is 10.0. The van der Waals surface area contributed by atoms with Gasteiger partial charge in [-0.1, -0.05) is 13.8 Å². The normalized spacial score (nSPS) is 13.5. The lowest BCUT2D eigenvalue weighted by Gasteiger charge is -2.24. The molecule has 0 saturated heterocycles. The summed E-state index contributed by atoms with van der Waals surface area (Å²) in [5, 5.41) is 4.59. The second-order valence-corrected chi connectivity index (χ2v) is 6.06. The smallest absolute Gasteiger partial charge is 0.159 e. The molecule has 0 spiro atoms. The summed E-state index contributed by atoms with van der Waals surface area (Å²) in [6, 6.07) is 0.236. The Morgan fingerprint density at radius 3 is 2.57 bits per heavy atom. The molecule has 1 unspecified atom stereocenters. The number of imidazole rings is 1. The monoisotopic (exact) mass is 312 g/mol. The lowest BCUT2D eigenvalue weighted by atomic mass is 10.0. The van der Waals surface area contributed by atoms with Crippen LogP contribution in [0.4, 0.5) is 0 Å². The molecule has 0 radical (unpaired) electrons. The SMILES string of the molecule is CCn1nc(C)c2nc(CCCl)n(C(COC)C(C)C)c21. The van der Waals surface area contributed by atoms with E-state index in [1.54, 1.807) is 7.11 Å². The molecule has 2 aromatic rings. The van der Waals surface area contributed by atoms with E-state index in [9.17, 15) is 0 Å². The first-order valence-corrected chi connectivity index (χ1v) is 8.07. The van der Waals surface area contributed by atoms with E-state index in [4.69, 9.17) is 21.3 Å². The summed E-state index contributed by atoms with van der Waals surface area (Å²) in [4.78, 5) is 4.80. The maximum Gasteiger partial charge on any atom is 0.159 e. The minimum absolute atomic E-state index is 0.236. The third-order valence-electron chi connectivity index (χ3n) is 3.87. The van der Waals surface area contributed by atoms with Crippen molar-refractivity contribution < 1.29 is 4.74 Å². The zero-order valence-corrected chi connectivity index (χ0v) is 14.3. The Bertz CT molecular complexity index is 602. The molecule has 1 atom stereocenters. The zero-order valence-electron chi connectivity index (χ0n) is 13.6. The maximum atomic E-state index is 5.97. The molecule has 0 bridgehead atoms. The van der Waals surface area contributed by atoms with Gasteiger partial charge in [0.25, 0.3) is 0 Å². The molecule has 0 fully saturated rings. The van der Waals surface area contributed by atoms with Crippen LogP contribution in [0.3, 0.4) is 0 Å². The number of alkyl halides is 1. The van der Waals surface area contributed by atoms with Crippen LogP contribution in [0.2, 0.25) is 0 Å². The number of fused-ring (bicyclic) bond motifs is 1. The van der Waals surface area contributed by atoms with Crippen LogP contribution in [-0.4, -0.2) is 38.9 Å². The van der Waals surface area contributed by atoms with Crippen LogP contribution in [-0.2, 0) is 17.7 Å². The Kier molecular flexibility index (Phi) is 5.27. The number of hydrogen-bond acceptors (Lipinski definition) is 3. The fourth-order valence-corrected chi connectivity index (χ4v) is 2.97. The Labute approximate surface area is 131 Å². The van der Waals surface area contributed by atoms with E-state index >= 15 is 0 Å². The summed E-state index contributed by atoms with van der Waals surface area (Å²) in [5.41, 5.74) is 3.05. The number of rotatable bonds is 7. The molecular formula is C15H25ClN4O. The van der Waals surface area contributed by atoms with E-state index in [0.717, 1.165) is 35.6 Å². The van der Waals surface area contributed by atoms with Gasteiger partial charge in [-0.05, 0) is 19.8 Å². The highest BCUT2D eigenvalue weighted by Gasteiger charge is 2.25. The first-order chi connectivity index (χ1) is 10.0. The molecule has 6 heteroatoms. The largest absolute Gasteiger partial charge is 0.383 e.